The smallest absolute Gasteiger partial charge is 0.134 e. The van der Waals surface area contributed by atoms with Crippen molar-refractivity contribution >= 4 is 11.6 Å². The number of hydrogen-bond acceptors (Lipinski definition) is 7. The SMILES string of the molecule is OCCNc1cc(N2CCC3(CC2)C[C@@H](O)C[C@H](c2ccccc2)O3)ncn1. The van der Waals surface area contributed by atoms with Gasteiger partial charge in [-0.2, -0.15) is 0 Å². The number of nitrogens with one attached hydrogen (secondary N) is 1. The van der Waals surface area contributed by atoms with Crippen LogP contribution in [-0.2, 0) is 4.74 Å². The molecule has 0 bridgehead atoms. The van der Waals surface area contributed by atoms with Gasteiger partial charge in [0.2, 0.25) is 0 Å². The molecule has 0 radical (unpaired) electrons. The number of piperidine rings is 1. The van der Waals surface area contributed by atoms with E-state index < -0.39 is 0 Å². The molecular formula is C21H28N4O3. The quantitative estimate of drug-likeness (QED) is 0.727. The van der Waals surface area contributed by atoms with Gasteiger partial charge in [0.05, 0.1) is 24.4 Å². The number of aliphatic hydroxyl groups is 2. The van der Waals surface area contributed by atoms with Gasteiger partial charge in [0.25, 0.3) is 0 Å². The molecule has 3 N–H and O–H groups in total. The van der Waals surface area contributed by atoms with Gasteiger partial charge in [-0.15, -0.1) is 0 Å². The van der Waals surface area contributed by atoms with Gasteiger partial charge < -0.3 is 25.2 Å². The lowest BCUT2D eigenvalue weighted by Gasteiger charge is -2.48. The molecular weight excluding hydrogens is 356 g/mol. The predicted octanol–water partition coefficient (Wildman–Crippen LogP) is 2.13. The summed E-state index contributed by atoms with van der Waals surface area (Å²) < 4.78 is 6.57. The second kappa shape index (κ2) is 8.43. The highest BCUT2D eigenvalue weighted by Gasteiger charge is 2.43. The van der Waals surface area contributed by atoms with Gasteiger partial charge in [0.1, 0.15) is 18.0 Å². The second-order valence-electron chi connectivity index (χ2n) is 7.69. The van der Waals surface area contributed by atoms with Crippen LogP contribution in [0.4, 0.5) is 11.6 Å². The van der Waals surface area contributed by atoms with Crippen LogP contribution in [0.15, 0.2) is 42.7 Å². The molecule has 0 amide bonds. The van der Waals surface area contributed by atoms with Crippen molar-refractivity contribution in [2.75, 3.05) is 36.5 Å². The van der Waals surface area contributed by atoms with E-state index in [1.54, 1.807) is 6.33 Å². The van der Waals surface area contributed by atoms with Crippen LogP contribution in [0.5, 0.6) is 0 Å². The number of benzene rings is 1. The Bertz CT molecular complexity index is 765. The molecule has 0 saturated carbocycles. The third-order valence-corrected chi connectivity index (χ3v) is 5.73. The normalized spacial score (nSPS) is 24.3. The van der Waals surface area contributed by atoms with Crippen molar-refractivity contribution in [2.24, 2.45) is 0 Å². The topological polar surface area (TPSA) is 90.7 Å². The lowest BCUT2D eigenvalue weighted by Crippen LogP contribution is -2.51. The lowest BCUT2D eigenvalue weighted by molar-refractivity contribution is -0.173. The summed E-state index contributed by atoms with van der Waals surface area (Å²) in [5.74, 6) is 1.59. The van der Waals surface area contributed by atoms with Crippen LogP contribution < -0.4 is 10.2 Å². The molecule has 1 aromatic carbocycles. The zero-order valence-electron chi connectivity index (χ0n) is 16.0. The van der Waals surface area contributed by atoms with Crippen LogP contribution in [0.25, 0.3) is 0 Å². The van der Waals surface area contributed by atoms with E-state index in [9.17, 15) is 5.11 Å². The van der Waals surface area contributed by atoms with E-state index in [-0.39, 0.29) is 24.4 Å². The molecule has 2 aliphatic rings. The summed E-state index contributed by atoms with van der Waals surface area (Å²) in [5, 5.41) is 22.6. The van der Waals surface area contributed by atoms with Crippen LogP contribution >= 0.6 is 0 Å². The fourth-order valence-electron chi connectivity index (χ4n) is 4.30. The molecule has 0 unspecified atom stereocenters. The van der Waals surface area contributed by atoms with E-state index in [4.69, 9.17) is 9.84 Å². The number of aliphatic hydroxyl groups excluding tert-OH is 2. The summed E-state index contributed by atoms with van der Waals surface area (Å²) in [6, 6.07) is 12.1. The second-order valence-corrected chi connectivity index (χ2v) is 7.69. The average Bonchev–Trinajstić information content (AvgIpc) is 2.73. The maximum absolute atomic E-state index is 10.5. The Hall–Kier alpha value is -2.22. The van der Waals surface area contributed by atoms with Gasteiger partial charge in [-0.05, 0) is 18.4 Å². The molecule has 2 fully saturated rings. The number of rotatable bonds is 5. The van der Waals surface area contributed by atoms with Crippen molar-refractivity contribution in [3.05, 3.63) is 48.3 Å². The molecule has 0 aliphatic carbocycles. The molecule has 28 heavy (non-hydrogen) atoms. The van der Waals surface area contributed by atoms with E-state index in [2.05, 4.69) is 32.3 Å². The maximum atomic E-state index is 10.5. The Morgan fingerprint density at radius 1 is 1.18 bits per heavy atom. The van der Waals surface area contributed by atoms with Crippen molar-refractivity contribution in [3.8, 4) is 0 Å². The van der Waals surface area contributed by atoms with Crippen molar-refractivity contribution < 1.29 is 14.9 Å². The Kier molecular flexibility index (Phi) is 5.75. The summed E-state index contributed by atoms with van der Waals surface area (Å²) >= 11 is 0. The minimum absolute atomic E-state index is 0.0511. The number of aromatic nitrogens is 2. The van der Waals surface area contributed by atoms with Crippen LogP contribution in [0.1, 0.15) is 37.4 Å². The Morgan fingerprint density at radius 3 is 2.71 bits per heavy atom. The molecule has 150 valence electrons. The van der Waals surface area contributed by atoms with E-state index in [1.807, 2.05) is 24.3 Å². The number of hydrogen-bond donors (Lipinski definition) is 3. The monoisotopic (exact) mass is 384 g/mol. The fourth-order valence-corrected chi connectivity index (χ4v) is 4.30. The van der Waals surface area contributed by atoms with Crippen LogP contribution in [-0.4, -0.2) is 58.1 Å². The molecule has 2 atom stereocenters. The van der Waals surface area contributed by atoms with E-state index in [1.165, 1.54) is 0 Å². The van der Waals surface area contributed by atoms with E-state index in [0.29, 0.717) is 25.2 Å². The fraction of sp³-hybridized carbons (Fsp3) is 0.524. The van der Waals surface area contributed by atoms with Crippen LogP contribution in [0.2, 0.25) is 0 Å². The molecule has 2 aliphatic heterocycles. The first-order chi connectivity index (χ1) is 13.7. The molecule has 2 saturated heterocycles. The number of anilines is 2. The molecule has 3 heterocycles. The highest BCUT2D eigenvalue weighted by atomic mass is 16.5. The summed E-state index contributed by atoms with van der Waals surface area (Å²) in [7, 11) is 0. The minimum Gasteiger partial charge on any atom is -0.395 e. The zero-order chi connectivity index (χ0) is 19.4. The number of ether oxygens (including phenoxy) is 1. The first-order valence-corrected chi connectivity index (χ1v) is 10.00. The predicted molar refractivity (Wildman–Crippen MR) is 107 cm³/mol. The van der Waals surface area contributed by atoms with Crippen LogP contribution in [0, 0.1) is 0 Å². The van der Waals surface area contributed by atoms with Gasteiger partial charge >= 0.3 is 0 Å². The van der Waals surface area contributed by atoms with Crippen molar-refractivity contribution in [2.45, 2.75) is 43.5 Å². The van der Waals surface area contributed by atoms with Gasteiger partial charge in [-0.25, -0.2) is 9.97 Å². The van der Waals surface area contributed by atoms with Gasteiger partial charge in [-0.3, -0.25) is 0 Å². The van der Waals surface area contributed by atoms with Gasteiger partial charge in [0, 0.05) is 38.5 Å². The maximum Gasteiger partial charge on any atom is 0.134 e. The third-order valence-electron chi connectivity index (χ3n) is 5.73. The van der Waals surface area contributed by atoms with E-state index >= 15 is 0 Å². The Morgan fingerprint density at radius 2 is 1.96 bits per heavy atom. The number of nitrogens with zero attached hydrogens (tertiary/aromatic N) is 3. The zero-order valence-corrected chi connectivity index (χ0v) is 16.0. The molecule has 1 aromatic heterocycles. The molecule has 2 aromatic rings. The largest absolute Gasteiger partial charge is 0.395 e. The Labute approximate surface area is 165 Å². The standard InChI is InChI=1S/C21H28N4O3/c26-11-8-22-19-13-20(24-15-23-19)25-9-6-21(7-10-25)14-17(27)12-18(28-21)16-4-2-1-3-5-16/h1-5,13,15,17-18,26-27H,6-12,14H2,(H,22,23,24)/t17-,18+/m0/s1. The first kappa shape index (κ1) is 19.1. The Balaban J connectivity index is 1.42. The summed E-state index contributed by atoms with van der Waals surface area (Å²) in [5.41, 5.74) is 0.859. The molecule has 7 nitrogen and oxygen atoms in total. The van der Waals surface area contributed by atoms with Gasteiger partial charge in [0.15, 0.2) is 0 Å². The van der Waals surface area contributed by atoms with Crippen molar-refractivity contribution in [1.82, 2.24) is 9.97 Å². The van der Waals surface area contributed by atoms with Crippen LogP contribution in [0.3, 0.4) is 0 Å². The third kappa shape index (κ3) is 4.27. The van der Waals surface area contributed by atoms with Gasteiger partial charge in [-0.1, -0.05) is 30.3 Å². The molecule has 4 rings (SSSR count). The molecule has 7 heteroatoms. The summed E-state index contributed by atoms with van der Waals surface area (Å²) in [6.45, 7) is 2.18. The first-order valence-electron chi connectivity index (χ1n) is 10.00. The van der Waals surface area contributed by atoms with E-state index in [0.717, 1.165) is 37.3 Å². The lowest BCUT2D eigenvalue weighted by atomic mass is 9.81. The molecule has 1 spiro atoms. The van der Waals surface area contributed by atoms with Crippen molar-refractivity contribution in [1.29, 1.82) is 0 Å². The average molecular weight is 384 g/mol. The summed E-state index contributed by atoms with van der Waals surface area (Å²) in [4.78, 5) is 10.8. The highest BCUT2D eigenvalue weighted by molar-refractivity contribution is 5.48. The van der Waals surface area contributed by atoms with Crippen molar-refractivity contribution in [3.63, 3.8) is 0 Å². The summed E-state index contributed by atoms with van der Waals surface area (Å²) in [6.07, 6.45) is 4.22. The highest BCUT2D eigenvalue weighted by Crippen LogP contribution is 2.43. The minimum atomic E-state index is -0.334.